The molecule has 0 bridgehead atoms. The minimum Gasteiger partial charge on any atom is -0.381 e. The van der Waals surface area contributed by atoms with Crippen molar-refractivity contribution in [1.82, 2.24) is 0 Å². The van der Waals surface area contributed by atoms with Gasteiger partial charge in [0.05, 0.1) is 6.10 Å². The zero-order chi connectivity index (χ0) is 10.6. The van der Waals surface area contributed by atoms with Gasteiger partial charge in [-0.1, -0.05) is 49.8 Å². The Hall–Kier alpha value is -0.820. The van der Waals surface area contributed by atoms with Crippen LogP contribution in [0.4, 0.5) is 0 Å². The summed E-state index contributed by atoms with van der Waals surface area (Å²) in [4.78, 5) is 0. The van der Waals surface area contributed by atoms with E-state index in [0.29, 0.717) is 6.10 Å². The lowest BCUT2D eigenvalue weighted by Gasteiger charge is -2.02. The maximum atomic E-state index is 5.11. The highest BCUT2D eigenvalue weighted by atomic mass is 16.5. The number of allylic oxidation sites excluding steroid dienone is 5. The first-order valence-electron chi connectivity index (χ1n) is 5.28. The molecule has 14 heavy (non-hydrogen) atoms. The predicted octanol–water partition coefficient (Wildman–Crippen LogP) is 3.88. The normalized spacial score (nSPS) is 17.3. The molecule has 0 spiro atoms. The van der Waals surface area contributed by atoms with Crippen LogP contribution in [-0.4, -0.2) is 13.2 Å². The summed E-state index contributed by atoms with van der Waals surface area (Å²) in [6.45, 7) is 5.49. The Morgan fingerprint density at radius 2 is 1.79 bits per heavy atom. The van der Waals surface area contributed by atoms with E-state index < -0.39 is 0 Å². The third kappa shape index (κ3) is 7.81. The molecule has 1 fully saturated rings. The molecule has 0 aromatic heterocycles. The van der Waals surface area contributed by atoms with Gasteiger partial charge in [-0.05, 0) is 19.8 Å². The molecule has 0 radical (unpaired) electrons. The van der Waals surface area contributed by atoms with Gasteiger partial charge in [0.25, 0.3) is 0 Å². The first-order chi connectivity index (χ1) is 6.85. The summed E-state index contributed by atoms with van der Waals surface area (Å²) in [5.74, 6) is 0. The molecule has 1 heteroatoms. The van der Waals surface area contributed by atoms with Crippen molar-refractivity contribution in [3.8, 4) is 0 Å². The van der Waals surface area contributed by atoms with E-state index in [1.54, 1.807) is 13.2 Å². The van der Waals surface area contributed by atoms with Gasteiger partial charge in [0.1, 0.15) is 0 Å². The average molecular weight is 194 g/mol. The number of rotatable bonds is 3. The van der Waals surface area contributed by atoms with Gasteiger partial charge in [-0.25, -0.2) is 0 Å². The molecule has 1 saturated carbocycles. The van der Waals surface area contributed by atoms with Crippen LogP contribution in [0.25, 0.3) is 0 Å². The maximum Gasteiger partial charge on any atom is 0.0571 e. The second-order valence-corrected chi connectivity index (χ2v) is 3.29. The van der Waals surface area contributed by atoms with Crippen molar-refractivity contribution >= 4 is 0 Å². The Bertz CT molecular complexity index is 174. The Balaban J connectivity index is 0.000000241. The lowest BCUT2D eigenvalue weighted by Crippen LogP contribution is -2.01. The van der Waals surface area contributed by atoms with E-state index in [2.05, 4.69) is 6.58 Å². The van der Waals surface area contributed by atoms with Crippen molar-refractivity contribution in [2.24, 2.45) is 0 Å². The number of methoxy groups -OCH3 is 1. The second-order valence-electron chi connectivity index (χ2n) is 3.29. The summed E-state index contributed by atoms with van der Waals surface area (Å²) >= 11 is 0. The van der Waals surface area contributed by atoms with Crippen LogP contribution in [0.3, 0.4) is 0 Å². The Kier molecular flexibility index (Phi) is 9.66. The second kappa shape index (κ2) is 10.3. The van der Waals surface area contributed by atoms with E-state index in [1.807, 2.05) is 31.2 Å². The van der Waals surface area contributed by atoms with Crippen molar-refractivity contribution in [2.75, 3.05) is 7.11 Å². The van der Waals surface area contributed by atoms with E-state index in [0.717, 1.165) is 0 Å². The van der Waals surface area contributed by atoms with Crippen molar-refractivity contribution in [3.63, 3.8) is 0 Å². The molecule has 0 N–H and O–H groups in total. The topological polar surface area (TPSA) is 9.23 Å². The van der Waals surface area contributed by atoms with Crippen molar-refractivity contribution < 1.29 is 4.74 Å². The highest BCUT2D eigenvalue weighted by molar-refractivity contribution is 5.07. The lowest BCUT2D eigenvalue weighted by molar-refractivity contribution is 0.109. The highest BCUT2D eigenvalue weighted by Crippen LogP contribution is 2.19. The summed E-state index contributed by atoms with van der Waals surface area (Å²) in [7, 11) is 1.80. The number of hydrogen-bond donors (Lipinski definition) is 0. The van der Waals surface area contributed by atoms with Gasteiger partial charge in [0.2, 0.25) is 0 Å². The Morgan fingerprint density at radius 3 is 2.14 bits per heavy atom. The third-order valence-electron chi connectivity index (χ3n) is 2.19. The predicted molar refractivity (Wildman–Crippen MR) is 63.4 cm³/mol. The van der Waals surface area contributed by atoms with Gasteiger partial charge >= 0.3 is 0 Å². The first-order valence-corrected chi connectivity index (χ1v) is 5.28. The van der Waals surface area contributed by atoms with E-state index >= 15 is 0 Å². The van der Waals surface area contributed by atoms with E-state index in [-0.39, 0.29) is 0 Å². The third-order valence-corrected chi connectivity index (χ3v) is 2.19. The molecular formula is C13H22O. The molecule has 0 aromatic rings. The Morgan fingerprint density at radius 1 is 1.14 bits per heavy atom. The van der Waals surface area contributed by atoms with Crippen LogP contribution in [0.5, 0.6) is 0 Å². The van der Waals surface area contributed by atoms with E-state index in [1.165, 1.54) is 25.7 Å². The molecule has 0 amide bonds. The summed E-state index contributed by atoms with van der Waals surface area (Å²) in [5, 5.41) is 0. The number of ether oxygens (including phenoxy) is 1. The van der Waals surface area contributed by atoms with Crippen LogP contribution in [-0.2, 0) is 4.74 Å². The van der Waals surface area contributed by atoms with Crippen molar-refractivity contribution in [3.05, 3.63) is 37.0 Å². The quantitative estimate of drug-likeness (QED) is 0.619. The van der Waals surface area contributed by atoms with Gasteiger partial charge in [-0.15, -0.1) is 0 Å². The minimum atomic E-state index is 0.597. The first kappa shape index (κ1) is 13.2. The van der Waals surface area contributed by atoms with Crippen LogP contribution in [0.2, 0.25) is 0 Å². The molecule has 0 aliphatic heterocycles. The summed E-state index contributed by atoms with van der Waals surface area (Å²) in [5.41, 5.74) is 0. The van der Waals surface area contributed by atoms with Crippen LogP contribution in [0.1, 0.15) is 32.6 Å². The lowest BCUT2D eigenvalue weighted by atomic mass is 10.3. The molecular weight excluding hydrogens is 172 g/mol. The van der Waals surface area contributed by atoms with Gasteiger partial charge in [-0.2, -0.15) is 0 Å². The zero-order valence-electron chi connectivity index (χ0n) is 9.41. The standard InChI is InChI=1S/C7H10.C6H12O/c1-3-5-7-6-4-2;1-7-6-4-2-3-5-6/h3-7H,1H2,2H3;6H,2-5H2,1H3/b6-4-,7-5-;. The fourth-order valence-electron chi connectivity index (χ4n) is 1.38. The van der Waals surface area contributed by atoms with Gasteiger partial charge in [-0.3, -0.25) is 0 Å². The molecule has 1 nitrogen and oxygen atoms in total. The van der Waals surface area contributed by atoms with Gasteiger partial charge in [0, 0.05) is 7.11 Å². The molecule has 0 atom stereocenters. The molecule has 1 aliphatic carbocycles. The fraction of sp³-hybridized carbons (Fsp3) is 0.538. The zero-order valence-corrected chi connectivity index (χ0v) is 9.41. The molecule has 0 unspecified atom stereocenters. The van der Waals surface area contributed by atoms with E-state index in [9.17, 15) is 0 Å². The maximum absolute atomic E-state index is 5.11. The Labute approximate surface area is 88.2 Å². The molecule has 0 saturated heterocycles. The summed E-state index contributed by atoms with van der Waals surface area (Å²) in [6, 6.07) is 0. The molecule has 1 rings (SSSR count). The molecule has 0 heterocycles. The van der Waals surface area contributed by atoms with Crippen LogP contribution < -0.4 is 0 Å². The average Bonchev–Trinajstić information content (AvgIpc) is 2.72. The SMILES string of the molecule is C=C/C=C\C=C/C.COC1CCCC1. The molecule has 80 valence electrons. The van der Waals surface area contributed by atoms with Crippen LogP contribution in [0, 0.1) is 0 Å². The fourth-order valence-corrected chi connectivity index (χ4v) is 1.38. The van der Waals surface area contributed by atoms with Crippen molar-refractivity contribution in [2.45, 2.75) is 38.7 Å². The molecule has 0 aromatic carbocycles. The van der Waals surface area contributed by atoms with E-state index in [4.69, 9.17) is 4.74 Å². The van der Waals surface area contributed by atoms with Crippen molar-refractivity contribution in [1.29, 1.82) is 0 Å². The van der Waals surface area contributed by atoms with Gasteiger partial charge < -0.3 is 4.74 Å². The smallest absolute Gasteiger partial charge is 0.0571 e. The number of hydrogen-bond acceptors (Lipinski definition) is 1. The van der Waals surface area contributed by atoms with Gasteiger partial charge in [0.15, 0.2) is 0 Å². The van der Waals surface area contributed by atoms with Crippen LogP contribution >= 0.6 is 0 Å². The largest absolute Gasteiger partial charge is 0.381 e. The minimum absolute atomic E-state index is 0.597. The monoisotopic (exact) mass is 194 g/mol. The van der Waals surface area contributed by atoms with Crippen LogP contribution in [0.15, 0.2) is 37.0 Å². The summed E-state index contributed by atoms with van der Waals surface area (Å²) in [6.07, 6.45) is 15.4. The summed E-state index contributed by atoms with van der Waals surface area (Å²) < 4.78 is 5.11. The molecule has 1 aliphatic rings. The highest BCUT2D eigenvalue weighted by Gasteiger charge is 2.12.